The van der Waals surface area contributed by atoms with Gasteiger partial charge in [0.15, 0.2) is 0 Å². The molecule has 0 spiro atoms. The van der Waals surface area contributed by atoms with Crippen LogP contribution in [0.1, 0.15) is 19.8 Å². The van der Waals surface area contributed by atoms with Gasteiger partial charge in [0.05, 0.1) is 11.8 Å². The summed E-state index contributed by atoms with van der Waals surface area (Å²) in [4.78, 5) is 0. The minimum absolute atomic E-state index is 0.0821. The zero-order valence-corrected chi connectivity index (χ0v) is 9.16. The first-order chi connectivity index (χ1) is 6.05. The fourth-order valence-corrected chi connectivity index (χ4v) is 2.39. The molecule has 76 valence electrons. The Labute approximate surface area is 84.9 Å². The molecule has 0 aromatic heterocycles. The van der Waals surface area contributed by atoms with Gasteiger partial charge in [-0.15, -0.1) is 18.0 Å². The Morgan fingerprint density at radius 1 is 1.62 bits per heavy atom. The summed E-state index contributed by atoms with van der Waals surface area (Å²) in [6.45, 7) is 1.94. The molecule has 0 bridgehead atoms. The molecule has 0 saturated carbocycles. The third-order valence-corrected chi connectivity index (χ3v) is 3.24. The Balaban J connectivity index is 4.16. The van der Waals surface area contributed by atoms with Crippen molar-refractivity contribution < 1.29 is 8.42 Å². The lowest BCUT2D eigenvalue weighted by Crippen LogP contribution is -2.35. The van der Waals surface area contributed by atoms with Crippen LogP contribution in [0.4, 0.5) is 0 Å². The van der Waals surface area contributed by atoms with Crippen LogP contribution in [0.2, 0.25) is 0 Å². The Kier molecular flexibility index (Phi) is 6.13. The molecule has 0 aliphatic heterocycles. The van der Waals surface area contributed by atoms with Gasteiger partial charge in [0.1, 0.15) is 0 Å². The Bertz CT molecular complexity index is 268. The van der Waals surface area contributed by atoms with Gasteiger partial charge < -0.3 is 0 Å². The molecule has 0 aromatic carbocycles. The molecule has 0 aliphatic rings. The van der Waals surface area contributed by atoms with Gasteiger partial charge in [-0.1, -0.05) is 19.3 Å². The minimum Gasteiger partial charge on any atom is -0.212 e. The van der Waals surface area contributed by atoms with Gasteiger partial charge in [-0.3, -0.25) is 0 Å². The van der Waals surface area contributed by atoms with E-state index in [2.05, 4.69) is 10.6 Å². The van der Waals surface area contributed by atoms with E-state index in [1.807, 2.05) is 6.92 Å². The lowest BCUT2D eigenvalue weighted by atomic mass is 10.2. The van der Waals surface area contributed by atoms with E-state index in [0.717, 1.165) is 6.42 Å². The third kappa shape index (κ3) is 5.92. The number of alkyl halides is 1. The van der Waals surface area contributed by atoms with Gasteiger partial charge in [0, 0.05) is 5.88 Å². The van der Waals surface area contributed by atoms with Gasteiger partial charge in [0.2, 0.25) is 10.0 Å². The summed E-state index contributed by atoms with van der Waals surface area (Å²) >= 11 is 5.32. The van der Waals surface area contributed by atoms with Crippen molar-refractivity contribution in [2.75, 3.05) is 11.6 Å². The molecule has 0 rings (SSSR count). The number of rotatable bonds is 6. The number of terminal acetylenes is 1. The largest absolute Gasteiger partial charge is 0.213 e. The van der Waals surface area contributed by atoms with Crippen molar-refractivity contribution in [3.8, 4) is 12.3 Å². The van der Waals surface area contributed by atoms with E-state index in [4.69, 9.17) is 18.0 Å². The molecule has 0 radical (unpaired) electrons. The van der Waals surface area contributed by atoms with Gasteiger partial charge in [0.25, 0.3) is 0 Å². The first kappa shape index (κ1) is 12.8. The van der Waals surface area contributed by atoms with Crippen molar-refractivity contribution in [1.82, 2.24) is 4.72 Å². The highest BCUT2D eigenvalue weighted by molar-refractivity contribution is 7.89. The molecule has 13 heavy (non-hydrogen) atoms. The van der Waals surface area contributed by atoms with Crippen LogP contribution in [-0.4, -0.2) is 26.1 Å². The van der Waals surface area contributed by atoms with Crippen molar-refractivity contribution in [1.29, 1.82) is 0 Å². The van der Waals surface area contributed by atoms with Crippen molar-refractivity contribution in [2.45, 2.75) is 25.8 Å². The average molecular weight is 224 g/mol. The Morgan fingerprint density at radius 3 is 2.62 bits per heavy atom. The van der Waals surface area contributed by atoms with Gasteiger partial charge in [-0.25, -0.2) is 13.1 Å². The van der Waals surface area contributed by atoms with Gasteiger partial charge >= 0.3 is 0 Å². The summed E-state index contributed by atoms with van der Waals surface area (Å²) < 4.78 is 24.8. The molecule has 0 amide bonds. The Morgan fingerprint density at radius 2 is 2.23 bits per heavy atom. The van der Waals surface area contributed by atoms with Crippen LogP contribution >= 0.6 is 11.6 Å². The van der Waals surface area contributed by atoms with Crippen molar-refractivity contribution in [3.05, 3.63) is 0 Å². The van der Waals surface area contributed by atoms with Crippen LogP contribution in [0.15, 0.2) is 0 Å². The highest BCUT2D eigenvalue weighted by atomic mass is 35.5. The zero-order valence-electron chi connectivity index (χ0n) is 7.59. The summed E-state index contributed by atoms with van der Waals surface area (Å²) in [5.74, 6) is 2.38. The van der Waals surface area contributed by atoms with Crippen molar-refractivity contribution in [3.63, 3.8) is 0 Å². The Hall–Kier alpha value is -0.240. The molecule has 0 fully saturated rings. The summed E-state index contributed by atoms with van der Waals surface area (Å²) in [5.41, 5.74) is 0. The molecule has 0 aliphatic carbocycles. The van der Waals surface area contributed by atoms with Crippen LogP contribution in [0.5, 0.6) is 0 Å². The molecule has 0 heterocycles. The highest BCUT2D eigenvalue weighted by Crippen LogP contribution is 1.98. The quantitative estimate of drug-likeness (QED) is 0.538. The fourth-order valence-electron chi connectivity index (χ4n) is 0.842. The van der Waals surface area contributed by atoms with E-state index < -0.39 is 16.1 Å². The van der Waals surface area contributed by atoms with Gasteiger partial charge in [-0.2, -0.15) is 0 Å². The molecule has 1 N–H and O–H groups in total. The SMILES string of the molecule is C#CC(CCC)NS(=O)(=O)CCCl. The predicted octanol–water partition coefficient (Wildman–Crippen LogP) is 0.946. The predicted molar refractivity (Wildman–Crippen MR) is 55.2 cm³/mol. The molecule has 1 atom stereocenters. The van der Waals surface area contributed by atoms with E-state index in [1.165, 1.54) is 0 Å². The highest BCUT2D eigenvalue weighted by Gasteiger charge is 2.14. The van der Waals surface area contributed by atoms with Crippen molar-refractivity contribution in [2.24, 2.45) is 0 Å². The van der Waals surface area contributed by atoms with Crippen LogP contribution in [0, 0.1) is 12.3 Å². The summed E-state index contributed by atoms with van der Waals surface area (Å²) in [6.07, 6.45) is 6.65. The molecular weight excluding hydrogens is 210 g/mol. The first-order valence-corrected chi connectivity index (χ1v) is 6.26. The summed E-state index contributed by atoms with van der Waals surface area (Å²) in [6, 6.07) is -0.404. The van der Waals surface area contributed by atoms with E-state index in [1.54, 1.807) is 0 Å². The van der Waals surface area contributed by atoms with E-state index in [9.17, 15) is 8.42 Å². The number of hydrogen-bond acceptors (Lipinski definition) is 2. The maximum atomic E-state index is 11.2. The number of sulfonamides is 1. The lowest BCUT2D eigenvalue weighted by Gasteiger charge is -2.11. The van der Waals surface area contributed by atoms with E-state index in [0.29, 0.717) is 6.42 Å². The van der Waals surface area contributed by atoms with Crippen LogP contribution in [-0.2, 0) is 10.0 Å². The second-order valence-electron chi connectivity index (χ2n) is 2.63. The standard InChI is InChI=1S/C8H14ClNO2S/c1-3-5-8(4-2)10-13(11,12)7-6-9/h2,8,10H,3,5-7H2,1H3. The van der Waals surface area contributed by atoms with E-state index >= 15 is 0 Å². The van der Waals surface area contributed by atoms with Gasteiger partial charge in [-0.05, 0) is 6.42 Å². The molecule has 0 aromatic rings. The smallest absolute Gasteiger partial charge is 0.212 e. The number of hydrogen-bond donors (Lipinski definition) is 1. The average Bonchev–Trinajstić information content (AvgIpc) is 2.03. The van der Waals surface area contributed by atoms with E-state index in [-0.39, 0.29) is 11.6 Å². The fraction of sp³-hybridized carbons (Fsp3) is 0.750. The molecule has 3 nitrogen and oxygen atoms in total. The van der Waals surface area contributed by atoms with Crippen LogP contribution in [0.3, 0.4) is 0 Å². The lowest BCUT2D eigenvalue weighted by molar-refractivity contribution is 0.566. The third-order valence-electron chi connectivity index (χ3n) is 1.45. The zero-order chi connectivity index (χ0) is 10.3. The maximum absolute atomic E-state index is 11.2. The van der Waals surface area contributed by atoms with Crippen LogP contribution < -0.4 is 4.72 Å². The second kappa shape index (κ2) is 6.25. The summed E-state index contributed by atoms with van der Waals surface area (Å²) in [5, 5.41) is 0. The monoisotopic (exact) mass is 223 g/mol. The number of nitrogens with one attached hydrogen (secondary N) is 1. The molecule has 1 unspecified atom stereocenters. The first-order valence-electron chi connectivity index (χ1n) is 4.07. The minimum atomic E-state index is -3.29. The summed E-state index contributed by atoms with van der Waals surface area (Å²) in [7, 11) is -3.29. The molecular formula is C8H14ClNO2S. The topological polar surface area (TPSA) is 46.2 Å². The van der Waals surface area contributed by atoms with Crippen LogP contribution in [0.25, 0.3) is 0 Å². The molecule has 0 saturated heterocycles. The number of halogens is 1. The molecule has 5 heteroatoms. The van der Waals surface area contributed by atoms with Crippen molar-refractivity contribution >= 4 is 21.6 Å². The normalized spacial score (nSPS) is 13.6. The second-order valence-corrected chi connectivity index (χ2v) is 4.89. The maximum Gasteiger partial charge on any atom is 0.213 e.